The van der Waals surface area contributed by atoms with E-state index in [2.05, 4.69) is 15.3 Å². The number of halogens is 1. The minimum atomic E-state index is -0.390. The van der Waals surface area contributed by atoms with Crippen molar-refractivity contribution in [1.82, 2.24) is 9.97 Å². The van der Waals surface area contributed by atoms with Crippen molar-refractivity contribution in [2.75, 3.05) is 5.32 Å². The third-order valence-electron chi connectivity index (χ3n) is 2.42. The van der Waals surface area contributed by atoms with Gasteiger partial charge >= 0.3 is 0 Å². The minimum Gasteiger partial charge on any atom is -0.465 e. The van der Waals surface area contributed by atoms with Crippen LogP contribution in [0.3, 0.4) is 0 Å². The van der Waals surface area contributed by atoms with Crippen LogP contribution in [0, 0.1) is 12.7 Å². The lowest BCUT2D eigenvalue weighted by Crippen LogP contribution is -2.06. The van der Waals surface area contributed by atoms with Crippen LogP contribution in [-0.2, 0) is 13.0 Å². The van der Waals surface area contributed by atoms with Gasteiger partial charge in [-0.25, -0.2) is 14.4 Å². The molecule has 1 N–H and O–H groups in total. The number of hydrogen-bond donors (Lipinski definition) is 1. The summed E-state index contributed by atoms with van der Waals surface area (Å²) >= 11 is 0. The molecule has 0 unspecified atom stereocenters. The number of aryl methyl sites for hydroxylation is 2. The smallest absolute Gasteiger partial charge is 0.186 e. The molecule has 0 spiro atoms. The largest absolute Gasteiger partial charge is 0.465 e. The molecule has 0 atom stereocenters. The molecule has 0 aliphatic carbocycles. The van der Waals surface area contributed by atoms with E-state index in [1.165, 1.54) is 6.33 Å². The molecule has 0 saturated carbocycles. The SMILES string of the molecule is CCc1ncnc(NCc2ccc(C)o2)c1F. The molecule has 0 aliphatic heterocycles. The van der Waals surface area contributed by atoms with Gasteiger partial charge in [0.1, 0.15) is 17.8 Å². The highest BCUT2D eigenvalue weighted by Gasteiger charge is 2.09. The summed E-state index contributed by atoms with van der Waals surface area (Å²) in [4.78, 5) is 7.74. The van der Waals surface area contributed by atoms with Crippen LogP contribution in [0.2, 0.25) is 0 Å². The zero-order valence-electron chi connectivity index (χ0n) is 9.83. The van der Waals surface area contributed by atoms with E-state index in [1.807, 2.05) is 26.0 Å². The molecule has 0 fully saturated rings. The molecule has 2 heterocycles. The molecule has 90 valence electrons. The molecule has 0 amide bonds. The van der Waals surface area contributed by atoms with Gasteiger partial charge in [0.15, 0.2) is 11.6 Å². The summed E-state index contributed by atoms with van der Waals surface area (Å²) in [5.74, 6) is 1.40. The number of rotatable bonds is 4. The van der Waals surface area contributed by atoms with Crippen LogP contribution >= 0.6 is 0 Å². The highest BCUT2D eigenvalue weighted by molar-refractivity contribution is 5.37. The lowest BCUT2D eigenvalue weighted by atomic mass is 10.3. The number of aromatic nitrogens is 2. The zero-order valence-corrected chi connectivity index (χ0v) is 9.83. The maximum Gasteiger partial charge on any atom is 0.186 e. The Labute approximate surface area is 98.9 Å². The Hall–Kier alpha value is -1.91. The topological polar surface area (TPSA) is 51.0 Å². The third-order valence-corrected chi connectivity index (χ3v) is 2.42. The molecule has 2 aromatic heterocycles. The molecule has 0 bridgehead atoms. The molecule has 2 aromatic rings. The van der Waals surface area contributed by atoms with Gasteiger partial charge < -0.3 is 9.73 Å². The Balaban J connectivity index is 2.09. The molecule has 0 aliphatic rings. The second kappa shape index (κ2) is 4.95. The third kappa shape index (κ3) is 2.61. The van der Waals surface area contributed by atoms with Crippen molar-refractivity contribution in [3.63, 3.8) is 0 Å². The summed E-state index contributed by atoms with van der Waals surface area (Å²) in [5.41, 5.74) is 0.415. The Kier molecular flexibility index (Phi) is 3.37. The zero-order chi connectivity index (χ0) is 12.3. The van der Waals surface area contributed by atoms with E-state index in [4.69, 9.17) is 4.42 Å². The number of anilines is 1. The van der Waals surface area contributed by atoms with E-state index in [9.17, 15) is 4.39 Å². The van der Waals surface area contributed by atoms with Gasteiger partial charge in [-0.15, -0.1) is 0 Å². The van der Waals surface area contributed by atoms with Crippen LogP contribution in [0.15, 0.2) is 22.9 Å². The highest BCUT2D eigenvalue weighted by Crippen LogP contribution is 2.15. The highest BCUT2D eigenvalue weighted by atomic mass is 19.1. The fraction of sp³-hybridized carbons (Fsp3) is 0.333. The van der Waals surface area contributed by atoms with Gasteiger partial charge in [-0.3, -0.25) is 0 Å². The Morgan fingerprint density at radius 3 is 2.82 bits per heavy atom. The lowest BCUT2D eigenvalue weighted by molar-refractivity contribution is 0.489. The average molecular weight is 235 g/mol. The van der Waals surface area contributed by atoms with Crippen molar-refractivity contribution in [2.45, 2.75) is 26.8 Å². The molecule has 2 rings (SSSR count). The Morgan fingerprint density at radius 1 is 1.35 bits per heavy atom. The van der Waals surface area contributed by atoms with Gasteiger partial charge in [0.25, 0.3) is 0 Å². The summed E-state index contributed by atoms with van der Waals surface area (Å²) in [7, 11) is 0. The second-order valence-electron chi connectivity index (χ2n) is 3.70. The number of nitrogens with zero attached hydrogens (tertiary/aromatic N) is 2. The van der Waals surface area contributed by atoms with E-state index in [0.29, 0.717) is 18.7 Å². The van der Waals surface area contributed by atoms with Crippen LogP contribution in [0.1, 0.15) is 24.1 Å². The van der Waals surface area contributed by atoms with Gasteiger partial charge in [-0.2, -0.15) is 0 Å². The van der Waals surface area contributed by atoms with Gasteiger partial charge in [-0.1, -0.05) is 6.92 Å². The van der Waals surface area contributed by atoms with Crippen molar-refractivity contribution >= 4 is 5.82 Å². The summed E-state index contributed by atoms with van der Waals surface area (Å²) < 4.78 is 19.1. The van der Waals surface area contributed by atoms with Crippen molar-refractivity contribution < 1.29 is 8.81 Å². The first kappa shape index (κ1) is 11.6. The van der Waals surface area contributed by atoms with Crippen LogP contribution in [0.25, 0.3) is 0 Å². The van der Waals surface area contributed by atoms with E-state index < -0.39 is 5.82 Å². The van der Waals surface area contributed by atoms with Crippen LogP contribution in [0.5, 0.6) is 0 Å². The quantitative estimate of drug-likeness (QED) is 0.885. The van der Waals surface area contributed by atoms with Gasteiger partial charge in [0, 0.05) is 0 Å². The normalized spacial score (nSPS) is 10.5. The fourth-order valence-electron chi connectivity index (χ4n) is 1.53. The first-order valence-electron chi connectivity index (χ1n) is 5.49. The molecule has 4 nitrogen and oxygen atoms in total. The molecule has 17 heavy (non-hydrogen) atoms. The van der Waals surface area contributed by atoms with Gasteiger partial charge in [-0.05, 0) is 25.5 Å². The molecule has 5 heteroatoms. The fourth-order valence-corrected chi connectivity index (χ4v) is 1.53. The van der Waals surface area contributed by atoms with Crippen LogP contribution < -0.4 is 5.32 Å². The molecular formula is C12H14FN3O. The van der Waals surface area contributed by atoms with Crippen molar-refractivity contribution in [3.05, 3.63) is 41.5 Å². The summed E-state index contributed by atoms with van der Waals surface area (Å²) in [6.45, 7) is 4.12. The summed E-state index contributed by atoms with van der Waals surface area (Å²) in [6, 6.07) is 3.72. The first-order chi connectivity index (χ1) is 8.20. The number of furan rings is 1. The van der Waals surface area contributed by atoms with E-state index in [0.717, 1.165) is 11.5 Å². The predicted molar refractivity (Wildman–Crippen MR) is 62.1 cm³/mol. The van der Waals surface area contributed by atoms with E-state index in [1.54, 1.807) is 0 Å². The lowest BCUT2D eigenvalue weighted by Gasteiger charge is -2.06. The molecule has 0 saturated heterocycles. The van der Waals surface area contributed by atoms with E-state index in [-0.39, 0.29) is 5.82 Å². The van der Waals surface area contributed by atoms with Crippen LogP contribution in [0.4, 0.5) is 10.2 Å². The van der Waals surface area contributed by atoms with E-state index >= 15 is 0 Å². The van der Waals surface area contributed by atoms with Crippen LogP contribution in [-0.4, -0.2) is 9.97 Å². The maximum absolute atomic E-state index is 13.8. The first-order valence-corrected chi connectivity index (χ1v) is 5.49. The van der Waals surface area contributed by atoms with Crippen molar-refractivity contribution in [2.24, 2.45) is 0 Å². The predicted octanol–water partition coefficient (Wildman–Crippen LogP) is 2.69. The second-order valence-corrected chi connectivity index (χ2v) is 3.70. The van der Waals surface area contributed by atoms with Crippen molar-refractivity contribution in [1.29, 1.82) is 0 Å². The molecule has 0 aromatic carbocycles. The summed E-state index contributed by atoms with van der Waals surface area (Å²) in [5, 5.41) is 2.90. The molecular weight excluding hydrogens is 221 g/mol. The van der Waals surface area contributed by atoms with Crippen molar-refractivity contribution in [3.8, 4) is 0 Å². The standard InChI is InChI=1S/C12H14FN3O/c1-3-10-11(13)12(16-7-15-10)14-6-9-5-4-8(2)17-9/h4-5,7H,3,6H2,1-2H3,(H,14,15,16). The molecule has 0 radical (unpaired) electrons. The minimum absolute atomic E-state index is 0.214. The van der Waals surface area contributed by atoms with Gasteiger partial charge in [0.05, 0.1) is 12.2 Å². The number of hydrogen-bond acceptors (Lipinski definition) is 4. The Bertz CT molecular complexity index is 510. The van der Waals surface area contributed by atoms with Gasteiger partial charge in [0.2, 0.25) is 0 Å². The monoisotopic (exact) mass is 235 g/mol. The average Bonchev–Trinajstić information content (AvgIpc) is 2.74. The maximum atomic E-state index is 13.8. The Morgan fingerprint density at radius 2 is 2.18 bits per heavy atom. The summed E-state index contributed by atoms with van der Waals surface area (Å²) in [6.07, 6.45) is 1.90. The number of nitrogens with one attached hydrogen (secondary N) is 1.